The Morgan fingerprint density at radius 3 is 2.53 bits per heavy atom. The van der Waals surface area contributed by atoms with Gasteiger partial charge in [0.05, 0.1) is 5.69 Å². The van der Waals surface area contributed by atoms with Crippen LogP contribution < -0.4 is 5.73 Å². The largest absolute Gasteiger partial charge is 0.326 e. The van der Waals surface area contributed by atoms with Gasteiger partial charge in [-0.25, -0.2) is 4.39 Å². The van der Waals surface area contributed by atoms with E-state index in [0.717, 1.165) is 22.4 Å². The van der Waals surface area contributed by atoms with E-state index in [1.165, 1.54) is 6.07 Å². The summed E-state index contributed by atoms with van der Waals surface area (Å²) in [7, 11) is 0. The van der Waals surface area contributed by atoms with Gasteiger partial charge in [0.2, 0.25) is 0 Å². The molecule has 1 aromatic carbocycles. The third kappa shape index (κ3) is 2.34. The van der Waals surface area contributed by atoms with Crippen molar-refractivity contribution in [3.05, 3.63) is 53.0 Å². The van der Waals surface area contributed by atoms with Gasteiger partial charge in [-0.05, 0) is 48.7 Å². The van der Waals surface area contributed by atoms with E-state index in [9.17, 15) is 4.39 Å². The number of pyridine rings is 1. The first-order valence-electron chi connectivity index (χ1n) is 5.54. The van der Waals surface area contributed by atoms with E-state index in [4.69, 9.17) is 5.73 Å². The molecule has 1 heterocycles. The van der Waals surface area contributed by atoms with Crippen LogP contribution in [0.25, 0.3) is 11.3 Å². The molecule has 0 aliphatic carbocycles. The molecular weight excluding hydrogens is 215 g/mol. The molecule has 0 atom stereocenters. The third-order valence-corrected chi connectivity index (χ3v) is 2.80. The molecule has 0 saturated carbocycles. The first-order valence-corrected chi connectivity index (χ1v) is 5.54. The lowest BCUT2D eigenvalue weighted by Crippen LogP contribution is -1.99. The van der Waals surface area contributed by atoms with Crippen LogP contribution in [0.1, 0.15) is 16.7 Å². The van der Waals surface area contributed by atoms with Gasteiger partial charge in [0.1, 0.15) is 5.82 Å². The molecule has 0 amide bonds. The highest BCUT2D eigenvalue weighted by Crippen LogP contribution is 2.23. The van der Waals surface area contributed by atoms with Crippen LogP contribution in [0, 0.1) is 19.7 Å². The number of hydrogen-bond acceptors (Lipinski definition) is 2. The second-order valence-corrected chi connectivity index (χ2v) is 4.18. The molecule has 0 saturated heterocycles. The molecule has 0 unspecified atom stereocenters. The fourth-order valence-corrected chi connectivity index (χ4v) is 1.84. The second kappa shape index (κ2) is 4.63. The number of aryl methyl sites for hydroxylation is 2. The van der Waals surface area contributed by atoms with Crippen LogP contribution in [-0.2, 0) is 6.54 Å². The van der Waals surface area contributed by atoms with Gasteiger partial charge in [0.15, 0.2) is 0 Å². The smallest absolute Gasteiger partial charge is 0.126 e. The first kappa shape index (κ1) is 11.7. The molecule has 0 radical (unpaired) electrons. The quantitative estimate of drug-likeness (QED) is 0.861. The average Bonchev–Trinajstić information content (AvgIpc) is 2.32. The first-order chi connectivity index (χ1) is 8.11. The molecule has 2 aromatic rings. The number of rotatable bonds is 2. The zero-order chi connectivity index (χ0) is 12.4. The topological polar surface area (TPSA) is 38.9 Å². The van der Waals surface area contributed by atoms with Crippen molar-refractivity contribution < 1.29 is 4.39 Å². The molecule has 88 valence electrons. The van der Waals surface area contributed by atoms with Gasteiger partial charge >= 0.3 is 0 Å². The van der Waals surface area contributed by atoms with Crippen molar-refractivity contribution in [1.82, 2.24) is 4.98 Å². The number of aromatic nitrogens is 1. The molecule has 2 nitrogen and oxygen atoms in total. The summed E-state index contributed by atoms with van der Waals surface area (Å²) in [5, 5.41) is 0. The fraction of sp³-hybridized carbons (Fsp3) is 0.214. The minimum absolute atomic E-state index is 0.190. The number of nitrogens with zero attached hydrogens (tertiary/aromatic N) is 1. The van der Waals surface area contributed by atoms with Crippen molar-refractivity contribution in [3.8, 4) is 11.3 Å². The summed E-state index contributed by atoms with van der Waals surface area (Å²) in [4.78, 5) is 4.39. The molecule has 0 bridgehead atoms. The summed E-state index contributed by atoms with van der Waals surface area (Å²) in [6.07, 6.45) is 1.76. The summed E-state index contributed by atoms with van der Waals surface area (Å²) in [6.45, 7) is 4.22. The molecule has 2 N–H and O–H groups in total. The maximum atomic E-state index is 13.2. The Bertz CT molecular complexity index is 550. The Labute approximate surface area is 100 Å². The van der Waals surface area contributed by atoms with E-state index in [-0.39, 0.29) is 5.82 Å². The summed E-state index contributed by atoms with van der Waals surface area (Å²) in [5.74, 6) is -0.190. The highest BCUT2D eigenvalue weighted by atomic mass is 19.1. The van der Waals surface area contributed by atoms with E-state index in [2.05, 4.69) is 4.98 Å². The lowest BCUT2D eigenvalue weighted by molar-refractivity contribution is 0.618. The Balaban J connectivity index is 2.49. The van der Waals surface area contributed by atoms with E-state index in [1.807, 2.05) is 19.1 Å². The highest BCUT2D eigenvalue weighted by molar-refractivity contribution is 5.63. The van der Waals surface area contributed by atoms with Gasteiger partial charge in [0.25, 0.3) is 0 Å². The molecule has 17 heavy (non-hydrogen) atoms. The van der Waals surface area contributed by atoms with Crippen molar-refractivity contribution in [1.29, 1.82) is 0 Å². The number of benzene rings is 1. The standard InChI is InChI=1S/C14H15FN2/c1-9-6-12(3-4-13(9)15)14-10(2)5-11(7-16)8-17-14/h3-6,8H,7,16H2,1-2H3. The zero-order valence-electron chi connectivity index (χ0n) is 10.00. The lowest BCUT2D eigenvalue weighted by Gasteiger charge is -2.08. The predicted molar refractivity (Wildman–Crippen MR) is 67.0 cm³/mol. The van der Waals surface area contributed by atoms with E-state index in [0.29, 0.717) is 12.1 Å². The number of halogens is 1. The van der Waals surface area contributed by atoms with Gasteiger partial charge in [-0.15, -0.1) is 0 Å². The average molecular weight is 230 g/mol. The Morgan fingerprint density at radius 1 is 1.18 bits per heavy atom. The molecule has 0 aliphatic rings. The minimum Gasteiger partial charge on any atom is -0.326 e. The van der Waals surface area contributed by atoms with Crippen LogP contribution in [0.15, 0.2) is 30.5 Å². The van der Waals surface area contributed by atoms with E-state index in [1.54, 1.807) is 19.2 Å². The van der Waals surface area contributed by atoms with Gasteiger partial charge in [0, 0.05) is 18.3 Å². The SMILES string of the molecule is Cc1cc(-c2ncc(CN)cc2C)ccc1F. The summed E-state index contributed by atoms with van der Waals surface area (Å²) in [6, 6.07) is 7.05. The predicted octanol–water partition coefficient (Wildman–Crippen LogP) is 2.96. The highest BCUT2D eigenvalue weighted by Gasteiger charge is 2.06. The Hall–Kier alpha value is -1.74. The molecule has 2 rings (SSSR count). The van der Waals surface area contributed by atoms with Crippen molar-refractivity contribution in [2.24, 2.45) is 5.73 Å². The molecule has 3 heteroatoms. The summed E-state index contributed by atoms with van der Waals surface area (Å²) < 4.78 is 13.2. The monoisotopic (exact) mass is 230 g/mol. The third-order valence-electron chi connectivity index (χ3n) is 2.80. The number of hydrogen-bond donors (Lipinski definition) is 1. The van der Waals surface area contributed by atoms with Gasteiger partial charge < -0.3 is 5.73 Å². The van der Waals surface area contributed by atoms with Crippen LogP contribution in [0.2, 0.25) is 0 Å². The van der Waals surface area contributed by atoms with Crippen molar-refractivity contribution in [2.75, 3.05) is 0 Å². The van der Waals surface area contributed by atoms with Gasteiger partial charge in [-0.1, -0.05) is 6.07 Å². The van der Waals surface area contributed by atoms with Crippen molar-refractivity contribution >= 4 is 0 Å². The van der Waals surface area contributed by atoms with E-state index < -0.39 is 0 Å². The number of nitrogens with two attached hydrogens (primary N) is 1. The maximum absolute atomic E-state index is 13.2. The van der Waals surface area contributed by atoms with Crippen LogP contribution in [0.4, 0.5) is 4.39 Å². The van der Waals surface area contributed by atoms with Crippen LogP contribution in [0.5, 0.6) is 0 Å². The van der Waals surface area contributed by atoms with Crippen LogP contribution >= 0.6 is 0 Å². The lowest BCUT2D eigenvalue weighted by atomic mass is 10.0. The molecular formula is C14H15FN2. The Kier molecular flexibility index (Phi) is 3.20. The maximum Gasteiger partial charge on any atom is 0.126 e. The fourth-order valence-electron chi connectivity index (χ4n) is 1.84. The van der Waals surface area contributed by atoms with Crippen molar-refractivity contribution in [2.45, 2.75) is 20.4 Å². The Morgan fingerprint density at radius 2 is 1.94 bits per heavy atom. The van der Waals surface area contributed by atoms with Crippen LogP contribution in [-0.4, -0.2) is 4.98 Å². The molecule has 0 spiro atoms. The van der Waals surface area contributed by atoms with Gasteiger partial charge in [-0.2, -0.15) is 0 Å². The molecule has 1 aromatic heterocycles. The van der Waals surface area contributed by atoms with Crippen LogP contribution in [0.3, 0.4) is 0 Å². The minimum atomic E-state index is -0.190. The zero-order valence-corrected chi connectivity index (χ0v) is 10.00. The second-order valence-electron chi connectivity index (χ2n) is 4.18. The van der Waals surface area contributed by atoms with E-state index >= 15 is 0 Å². The summed E-state index contributed by atoms with van der Waals surface area (Å²) >= 11 is 0. The normalized spacial score (nSPS) is 10.6. The van der Waals surface area contributed by atoms with Gasteiger partial charge in [-0.3, -0.25) is 4.98 Å². The van der Waals surface area contributed by atoms with Crippen molar-refractivity contribution in [3.63, 3.8) is 0 Å². The molecule has 0 fully saturated rings. The molecule has 0 aliphatic heterocycles. The summed E-state index contributed by atoms with van der Waals surface area (Å²) in [5.41, 5.74) is 10.1.